The lowest BCUT2D eigenvalue weighted by molar-refractivity contribution is -0.139. The molecule has 0 aliphatic heterocycles. The number of hydrazine groups is 1. The highest BCUT2D eigenvalue weighted by Crippen LogP contribution is 2.19. The zero-order valence-corrected chi connectivity index (χ0v) is 9.93. The van der Waals surface area contributed by atoms with E-state index < -0.39 is 11.8 Å². The minimum Gasteiger partial charge on any atom is -0.339 e. The molecule has 1 heterocycles. The summed E-state index contributed by atoms with van der Waals surface area (Å²) in [5.74, 6) is 3.22. The molecular weight excluding hydrogens is 228 g/mol. The van der Waals surface area contributed by atoms with Gasteiger partial charge in [0.1, 0.15) is 5.01 Å². The van der Waals surface area contributed by atoms with Crippen LogP contribution in [-0.2, 0) is 16.0 Å². The molecule has 6 nitrogen and oxygen atoms in total. The van der Waals surface area contributed by atoms with E-state index in [1.807, 2.05) is 6.92 Å². The molecule has 0 saturated heterocycles. The fourth-order valence-corrected chi connectivity index (χ4v) is 1.94. The molecule has 1 rings (SSSR count). The number of nitrogens with two attached hydrogens (primary N) is 1. The average Bonchev–Trinajstić information content (AvgIpc) is 2.76. The molecule has 7 heteroatoms. The van der Waals surface area contributed by atoms with E-state index in [-0.39, 0.29) is 6.04 Å². The minimum absolute atomic E-state index is 0.296. The van der Waals surface area contributed by atoms with E-state index in [4.69, 9.17) is 5.84 Å². The first-order chi connectivity index (χ1) is 7.58. The maximum atomic E-state index is 11.2. The van der Waals surface area contributed by atoms with Gasteiger partial charge in [0.15, 0.2) is 0 Å². The summed E-state index contributed by atoms with van der Waals surface area (Å²) in [7, 11) is 0. The van der Waals surface area contributed by atoms with Crippen molar-refractivity contribution in [1.82, 2.24) is 15.7 Å². The highest BCUT2D eigenvalue weighted by atomic mass is 32.1. The molecule has 1 atom stereocenters. The Labute approximate surface area is 97.2 Å². The summed E-state index contributed by atoms with van der Waals surface area (Å²) in [5, 5.41) is 3.27. The molecule has 2 amide bonds. The van der Waals surface area contributed by atoms with Crippen LogP contribution in [0.4, 0.5) is 0 Å². The van der Waals surface area contributed by atoms with Gasteiger partial charge in [-0.05, 0) is 13.3 Å². The molecule has 0 fully saturated rings. The third kappa shape index (κ3) is 3.01. The van der Waals surface area contributed by atoms with Gasteiger partial charge in [0.2, 0.25) is 0 Å². The van der Waals surface area contributed by atoms with Crippen molar-refractivity contribution in [2.24, 2.45) is 5.84 Å². The topological polar surface area (TPSA) is 97.1 Å². The predicted octanol–water partition coefficient (Wildman–Crippen LogP) is -0.127. The Bertz CT molecular complexity index is 391. The second-order valence-corrected chi connectivity index (χ2v) is 4.33. The normalized spacial score (nSPS) is 11.9. The van der Waals surface area contributed by atoms with E-state index in [1.165, 1.54) is 11.3 Å². The van der Waals surface area contributed by atoms with E-state index in [2.05, 4.69) is 10.3 Å². The van der Waals surface area contributed by atoms with Crippen molar-refractivity contribution in [1.29, 1.82) is 0 Å². The fraction of sp³-hybridized carbons (Fsp3) is 0.444. The summed E-state index contributed by atoms with van der Waals surface area (Å²) < 4.78 is 0. The van der Waals surface area contributed by atoms with E-state index in [0.29, 0.717) is 0 Å². The predicted molar refractivity (Wildman–Crippen MR) is 60.4 cm³/mol. The van der Waals surface area contributed by atoms with Gasteiger partial charge in [-0.25, -0.2) is 10.8 Å². The molecule has 1 unspecified atom stereocenters. The maximum absolute atomic E-state index is 11.2. The van der Waals surface area contributed by atoms with Crippen LogP contribution in [0, 0.1) is 0 Å². The van der Waals surface area contributed by atoms with Gasteiger partial charge in [0.25, 0.3) is 0 Å². The summed E-state index contributed by atoms with van der Waals surface area (Å²) in [6.45, 7) is 3.79. The Morgan fingerprint density at radius 3 is 2.75 bits per heavy atom. The number of hydrogen-bond acceptors (Lipinski definition) is 5. The van der Waals surface area contributed by atoms with Crippen molar-refractivity contribution in [3.63, 3.8) is 0 Å². The Kier molecular flexibility index (Phi) is 4.39. The molecule has 1 aromatic heterocycles. The SMILES string of the molecule is CCc1cnc(C(C)NC(=O)C(=O)NN)s1. The van der Waals surface area contributed by atoms with Crippen molar-refractivity contribution in [3.8, 4) is 0 Å². The molecule has 0 spiro atoms. The largest absolute Gasteiger partial charge is 0.339 e. The fourth-order valence-electron chi connectivity index (χ4n) is 1.08. The molecule has 0 aliphatic carbocycles. The third-order valence-electron chi connectivity index (χ3n) is 1.98. The summed E-state index contributed by atoms with van der Waals surface area (Å²) >= 11 is 1.51. The summed E-state index contributed by atoms with van der Waals surface area (Å²) in [6.07, 6.45) is 2.67. The molecule has 0 bridgehead atoms. The Hall–Kier alpha value is -1.47. The zero-order valence-electron chi connectivity index (χ0n) is 9.11. The van der Waals surface area contributed by atoms with Gasteiger partial charge < -0.3 is 5.32 Å². The summed E-state index contributed by atoms with van der Waals surface area (Å²) in [4.78, 5) is 27.4. The minimum atomic E-state index is -0.862. The maximum Gasteiger partial charge on any atom is 0.323 e. The Balaban J connectivity index is 2.61. The lowest BCUT2D eigenvalue weighted by Gasteiger charge is -2.09. The number of nitrogens with zero attached hydrogens (tertiary/aromatic N) is 1. The van der Waals surface area contributed by atoms with Crippen LogP contribution in [0.5, 0.6) is 0 Å². The van der Waals surface area contributed by atoms with Crippen molar-refractivity contribution in [2.75, 3.05) is 0 Å². The van der Waals surface area contributed by atoms with Crippen LogP contribution in [0.3, 0.4) is 0 Å². The molecule has 4 N–H and O–H groups in total. The van der Waals surface area contributed by atoms with Gasteiger partial charge in [0.05, 0.1) is 6.04 Å². The van der Waals surface area contributed by atoms with Crippen LogP contribution in [0.2, 0.25) is 0 Å². The number of rotatable bonds is 3. The van der Waals surface area contributed by atoms with Gasteiger partial charge in [-0.1, -0.05) is 6.92 Å². The monoisotopic (exact) mass is 242 g/mol. The standard InChI is InChI=1S/C9H14N4O2S/c1-3-6-4-11-9(16-6)5(2)12-7(14)8(15)13-10/h4-5H,3,10H2,1-2H3,(H,12,14)(H,13,15). The van der Waals surface area contributed by atoms with E-state index >= 15 is 0 Å². The Morgan fingerprint density at radius 2 is 2.25 bits per heavy atom. The molecule has 1 aromatic rings. The number of aryl methyl sites for hydroxylation is 1. The molecule has 0 aromatic carbocycles. The highest BCUT2D eigenvalue weighted by Gasteiger charge is 2.17. The number of carbonyl (C=O) groups excluding carboxylic acids is 2. The van der Waals surface area contributed by atoms with Crippen LogP contribution in [-0.4, -0.2) is 16.8 Å². The van der Waals surface area contributed by atoms with Crippen molar-refractivity contribution in [2.45, 2.75) is 26.3 Å². The first-order valence-corrected chi connectivity index (χ1v) is 5.66. The Morgan fingerprint density at radius 1 is 1.56 bits per heavy atom. The molecule has 88 valence electrons. The lowest BCUT2D eigenvalue weighted by atomic mass is 10.3. The van der Waals surface area contributed by atoms with E-state index in [0.717, 1.165) is 16.3 Å². The van der Waals surface area contributed by atoms with E-state index in [1.54, 1.807) is 18.5 Å². The second-order valence-electron chi connectivity index (χ2n) is 3.19. The molecule has 16 heavy (non-hydrogen) atoms. The zero-order chi connectivity index (χ0) is 12.1. The molecule has 0 saturated carbocycles. The highest BCUT2D eigenvalue weighted by molar-refractivity contribution is 7.11. The van der Waals surface area contributed by atoms with Gasteiger partial charge in [-0.3, -0.25) is 15.0 Å². The number of nitrogens with one attached hydrogen (secondary N) is 2. The molecular formula is C9H14N4O2S. The number of carbonyl (C=O) groups is 2. The van der Waals surface area contributed by atoms with Crippen molar-refractivity contribution < 1.29 is 9.59 Å². The summed E-state index contributed by atoms with van der Waals surface area (Å²) in [6, 6.07) is -0.296. The number of amides is 2. The van der Waals surface area contributed by atoms with Gasteiger partial charge in [-0.2, -0.15) is 0 Å². The summed E-state index contributed by atoms with van der Waals surface area (Å²) in [5.41, 5.74) is 1.77. The van der Waals surface area contributed by atoms with Crippen LogP contribution >= 0.6 is 11.3 Å². The number of aromatic nitrogens is 1. The number of thiazole rings is 1. The van der Waals surface area contributed by atoms with Crippen molar-refractivity contribution >= 4 is 23.2 Å². The second kappa shape index (κ2) is 5.57. The third-order valence-corrected chi connectivity index (χ3v) is 3.30. The lowest BCUT2D eigenvalue weighted by Crippen LogP contribution is -2.43. The number of hydrogen-bond donors (Lipinski definition) is 3. The van der Waals surface area contributed by atoms with Gasteiger partial charge in [0, 0.05) is 11.1 Å². The van der Waals surface area contributed by atoms with Crippen LogP contribution in [0.25, 0.3) is 0 Å². The first-order valence-electron chi connectivity index (χ1n) is 4.84. The van der Waals surface area contributed by atoms with Crippen LogP contribution in [0.1, 0.15) is 29.8 Å². The molecule has 0 aliphatic rings. The van der Waals surface area contributed by atoms with Crippen LogP contribution in [0.15, 0.2) is 6.20 Å². The van der Waals surface area contributed by atoms with Gasteiger partial charge in [-0.15, -0.1) is 11.3 Å². The smallest absolute Gasteiger partial charge is 0.323 e. The quantitative estimate of drug-likeness (QED) is 0.298. The van der Waals surface area contributed by atoms with Gasteiger partial charge >= 0.3 is 11.8 Å². The van der Waals surface area contributed by atoms with Crippen LogP contribution < -0.4 is 16.6 Å². The molecule has 0 radical (unpaired) electrons. The van der Waals surface area contributed by atoms with E-state index in [9.17, 15) is 9.59 Å². The average molecular weight is 242 g/mol. The first kappa shape index (κ1) is 12.6. The van der Waals surface area contributed by atoms with Crippen molar-refractivity contribution in [3.05, 3.63) is 16.1 Å².